The van der Waals surface area contributed by atoms with Gasteiger partial charge in [-0.15, -0.1) is 5.54 Å². The van der Waals surface area contributed by atoms with Crippen molar-refractivity contribution in [3.05, 3.63) is 35.4 Å². The second-order valence-corrected chi connectivity index (χ2v) is 13.4. The Morgan fingerprint density at radius 2 is 1.54 bits per heavy atom. The predicted molar refractivity (Wildman–Crippen MR) is 95.9 cm³/mol. The molecule has 128 valence electrons. The van der Waals surface area contributed by atoms with Gasteiger partial charge in [-0.05, 0) is 42.5 Å². The van der Waals surface area contributed by atoms with E-state index >= 15 is 0 Å². The molecule has 4 fully saturated rings. The molecule has 2 bridgehead atoms. The molecule has 1 aromatic carbocycles. The van der Waals surface area contributed by atoms with Gasteiger partial charge in [-0.3, -0.25) is 0 Å². The normalized spacial score (nSPS) is 37.7. The lowest BCUT2D eigenvalue weighted by Crippen LogP contribution is -2.59. The molecule has 4 heteroatoms. The summed E-state index contributed by atoms with van der Waals surface area (Å²) >= 11 is 0. The van der Waals surface area contributed by atoms with Crippen LogP contribution in [-0.4, -0.2) is 27.9 Å². The Hall–Kier alpha value is -1.12. The van der Waals surface area contributed by atoms with E-state index in [0.29, 0.717) is 5.92 Å². The van der Waals surface area contributed by atoms with Crippen LogP contribution in [0, 0.1) is 28.7 Å². The van der Waals surface area contributed by atoms with Crippen LogP contribution < -0.4 is 0 Å². The maximum Gasteiger partial charge on any atom is 0.312 e. The molecule has 1 aromatic rings. The Kier molecular flexibility index (Phi) is 3.70. The third kappa shape index (κ3) is 2.84. The Bertz CT molecular complexity index is 668. The third-order valence-corrected chi connectivity index (χ3v) is 6.24. The van der Waals surface area contributed by atoms with Gasteiger partial charge in [-0.25, -0.2) is 0 Å². The van der Waals surface area contributed by atoms with Crippen molar-refractivity contribution in [3.63, 3.8) is 0 Å². The van der Waals surface area contributed by atoms with Gasteiger partial charge in [-0.1, -0.05) is 32.5 Å². The van der Waals surface area contributed by atoms with Crippen molar-refractivity contribution < 1.29 is 14.2 Å². The molecule has 1 aliphatic carbocycles. The first kappa shape index (κ1) is 16.4. The summed E-state index contributed by atoms with van der Waals surface area (Å²) in [6.45, 7) is 11.3. The lowest BCUT2D eigenvalue weighted by atomic mass is 9.82. The zero-order chi connectivity index (χ0) is 17.0. The van der Waals surface area contributed by atoms with Crippen molar-refractivity contribution in [2.75, 3.05) is 19.8 Å². The number of rotatable bonds is 2. The first-order valence-electron chi connectivity index (χ1n) is 8.88. The number of hydrogen-bond acceptors (Lipinski definition) is 3. The van der Waals surface area contributed by atoms with Gasteiger partial charge in [0, 0.05) is 16.5 Å². The fourth-order valence-corrected chi connectivity index (χ4v) is 4.25. The summed E-state index contributed by atoms with van der Waals surface area (Å²) in [6, 6.07) is 8.11. The summed E-state index contributed by atoms with van der Waals surface area (Å²) in [7, 11) is -1.36. The molecule has 1 saturated carbocycles. The van der Waals surface area contributed by atoms with Gasteiger partial charge in [0.05, 0.1) is 19.8 Å². The molecule has 0 N–H and O–H groups in total. The van der Waals surface area contributed by atoms with Gasteiger partial charge < -0.3 is 14.2 Å². The average molecular weight is 343 g/mol. The number of ether oxygens (including phenoxy) is 3. The Morgan fingerprint density at radius 3 is 2.00 bits per heavy atom. The number of hydrogen-bond donors (Lipinski definition) is 0. The molecule has 4 aliphatic rings. The molecule has 0 amide bonds. The molecule has 3 heterocycles. The quantitative estimate of drug-likeness (QED) is 0.605. The maximum absolute atomic E-state index is 6.08. The molecular formula is C20H26O3Si. The molecule has 5 rings (SSSR count). The van der Waals surface area contributed by atoms with Gasteiger partial charge in [0.15, 0.2) is 0 Å². The SMILES string of the molecule is CC1CC1C12COC(c3ccc(C#C[Si](C)(C)C)cc3)(OC1)OC2. The molecule has 2 atom stereocenters. The molecule has 2 unspecified atom stereocenters. The largest absolute Gasteiger partial charge is 0.323 e. The molecule has 3 saturated heterocycles. The van der Waals surface area contributed by atoms with E-state index in [4.69, 9.17) is 14.2 Å². The van der Waals surface area contributed by atoms with Crippen LogP contribution in [0.25, 0.3) is 0 Å². The molecule has 3 nitrogen and oxygen atoms in total. The highest BCUT2D eigenvalue weighted by Crippen LogP contribution is 2.57. The Balaban J connectivity index is 1.50. The summed E-state index contributed by atoms with van der Waals surface area (Å²) in [5.41, 5.74) is 5.43. The molecule has 0 spiro atoms. The predicted octanol–water partition coefficient (Wildman–Crippen LogP) is 3.75. The van der Waals surface area contributed by atoms with E-state index in [9.17, 15) is 0 Å². The van der Waals surface area contributed by atoms with Crippen molar-refractivity contribution in [2.45, 2.75) is 39.0 Å². The molecule has 3 aliphatic heterocycles. The van der Waals surface area contributed by atoms with E-state index in [-0.39, 0.29) is 5.41 Å². The van der Waals surface area contributed by atoms with E-state index < -0.39 is 14.0 Å². The van der Waals surface area contributed by atoms with Crippen molar-refractivity contribution in [1.82, 2.24) is 0 Å². The van der Waals surface area contributed by atoms with E-state index in [1.54, 1.807) is 0 Å². The highest BCUT2D eigenvalue weighted by molar-refractivity contribution is 6.83. The topological polar surface area (TPSA) is 27.7 Å². The van der Waals surface area contributed by atoms with Crippen LogP contribution in [0.5, 0.6) is 0 Å². The fraction of sp³-hybridized carbons (Fsp3) is 0.600. The number of fused-ring (bicyclic) bond motifs is 3. The van der Waals surface area contributed by atoms with Crippen LogP contribution in [-0.2, 0) is 20.2 Å². The maximum atomic E-state index is 6.08. The van der Waals surface area contributed by atoms with Crippen molar-refractivity contribution >= 4 is 8.07 Å². The smallest absolute Gasteiger partial charge is 0.312 e. The van der Waals surface area contributed by atoms with Gasteiger partial charge in [-0.2, -0.15) is 0 Å². The summed E-state index contributed by atoms with van der Waals surface area (Å²) in [5, 5.41) is 0. The Morgan fingerprint density at radius 1 is 1.00 bits per heavy atom. The minimum Gasteiger partial charge on any atom is -0.323 e. The standard InChI is InChI=1S/C20H26O3Si/c1-15-11-18(15)19-12-21-20(22-13-19,23-14-19)17-7-5-16(6-8-17)9-10-24(2,3)4/h5-8,15,18H,11-14H2,1-4H3. The third-order valence-electron chi connectivity index (χ3n) is 5.37. The first-order chi connectivity index (χ1) is 11.3. The lowest BCUT2D eigenvalue weighted by Gasteiger charge is -2.52. The summed E-state index contributed by atoms with van der Waals surface area (Å²) in [5.74, 6) is 3.73. The fourth-order valence-electron chi connectivity index (χ4n) is 3.73. The number of benzene rings is 1. The summed E-state index contributed by atoms with van der Waals surface area (Å²) in [4.78, 5) is 0. The highest BCUT2D eigenvalue weighted by atomic mass is 28.3. The van der Waals surface area contributed by atoms with Crippen molar-refractivity contribution in [2.24, 2.45) is 17.3 Å². The van der Waals surface area contributed by atoms with Crippen LogP contribution in [0.1, 0.15) is 24.5 Å². The molecule has 24 heavy (non-hydrogen) atoms. The zero-order valence-electron chi connectivity index (χ0n) is 15.0. The second-order valence-electron chi connectivity index (χ2n) is 8.68. The van der Waals surface area contributed by atoms with Gasteiger partial charge >= 0.3 is 5.97 Å². The van der Waals surface area contributed by atoms with Gasteiger partial charge in [0.1, 0.15) is 8.07 Å². The van der Waals surface area contributed by atoms with Crippen LogP contribution in [0.2, 0.25) is 19.6 Å². The highest BCUT2D eigenvalue weighted by Gasteiger charge is 2.61. The second kappa shape index (κ2) is 5.44. The van der Waals surface area contributed by atoms with E-state index in [1.807, 2.05) is 24.3 Å². The van der Waals surface area contributed by atoms with Crippen LogP contribution in [0.4, 0.5) is 0 Å². The summed E-state index contributed by atoms with van der Waals surface area (Å²) < 4.78 is 18.3. The molecule has 0 radical (unpaired) electrons. The van der Waals surface area contributed by atoms with E-state index in [0.717, 1.165) is 36.9 Å². The van der Waals surface area contributed by atoms with Crippen LogP contribution >= 0.6 is 0 Å². The van der Waals surface area contributed by atoms with Gasteiger partial charge in [0.25, 0.3) is 0 Å². The van der Waals surface area contributed by atoms with Crippen molar-refractivity contribution in [3.8, 4) is 11.5 Å². The van der Waals surface area contributed by atoms with Gasteiger partial charge in [0.2, 0.25) is 0 Å². The zero-order valence-corrected chi connectivity index (χ0v) is 16.0. The lowest BCUT2D eigenvalue weighted by molar-refractivity contribution is -0.482. The van der Waals surface area contributed by atoms with E-state index in [2.05, 4.69) is 38.0 Å². The minimum atomic E-state index is -1.36. The Labute approximate surface area is 145 Å². The molecular weight excluding hydrogens is 316 g/mol. The van der Waals surface area contributed by atoms with E-state index in [1.165, 1.54) is 6.42 Å². The first-order valence-corrected chi connectivity index (χ1v) is 12.4. The van der Waals surface area contributed by atoms with Crippen molar-refractivity contribution in [1.29, 1.82) is 0 Å². The summed E-state index contributed by atoms with van der Waals surface area (Å²) in [6.07, 6.45) is 1.27. The van der Waals surface area contributed by atoms with Crippen LogP contribution in [0.15, 0.2) is 24.3 Å². The average Bonchev–Trinajstić information content (AvgIpc) is 3.32. The molecule has 0 aromatic heterocycles. The van der Waals surface area contributed by atoms with Crippen LogP contribution in [0.3, 0.4) is 0 Å². The monoisotopic (exact) mass is 342 g/mol. The minimum absolute atomic E-state index is 0.0733.